The largest absolute Gasteiger partial charge is 0.309 e. The Morgan fingerprint density at radius 3 is 2.39 bits per heavy atom. The molecule has 0 fully saturated rings. The molecular weight excluding hydrogens is 338 g/mol. The molecule has 0 spiro atoms. The lowest BCUT2D eigenvalue weighted by atomic mass is 10.1. The van der Waals surface area contributed by atoms with E-state index in [1.54, 1.807) is 25.2 Å². The van der Waals surface area contributed by atoms with E-state index in [-0.39, 0.29) is 16.5 Å². The van der Waals surface area contributed by atoms with Gasteiger partial charge in [0.05, 0.1) is 16.3 Å². The molecular formula is C15H12ClN3O3S. The van der Waals surface area contributed by atoms with E-state index in [2.05, 4.69) is 4.99 Å². The van der Waals surface area contributed by atoms with E-state index in [0.717, 1.165) is 5.69 Å². The van der Waals surface area contributed by atoms with Crippen molar-refractivity contribution in [3.05, 3.63) is 53.1 Å². The number of nitrogens with two attached hydrogens (primary N) is 1. The summed E-state index contributed by atoms with van der Waals surface area (Å²) in [6.45, 7) is 0. The summed E-state index contributed by atoms with van der Waals surface area (Å²) in [5, 5.41) is 5.56. The summed E-state index contributed by atoms with van der Waals surface area (Å²) in [6, 6.07) is 10.8. The first-order valence-electron chi connectivity index (χ1n) is 6.57. The Labute approximate surface area is 138 Å². The van der Waals surface area contributed by atoms with Gasteiger partial charge in [-0.05, 0) is 42.5 Å². The van der Waals surface area contributed by atoms with Crippen molar-refractivity contribution in [3.8, 4) is 0 Å². The maximum absolute atomic E-state index is 12.3. The van der Waals surface area contributed by atoms with E-state index < -0.39 is 10.0 Å². The van der Waals surface area contributed by atoms with Crippen molar-refractivity contribution >= 4 is 44.6 Å². The molecule has 8 heteroatoms. The van der Waals surface area contributed by atoms with Gasteiger partial charge in [-0.15, -0.1) is 0 Å². The summed E-state index contributed by atoms with van der Waals surface area (Å²) in [5.74, 6) is -0.252. The van der Waals surface area contributed by atoms with Crippen molar-refractivity contribution in [2.24, 2.45) is 10.1 Å². The molecule has 0 aromatic heterocycles. The number of primary sulfonamides is 1. The quantitative estimate of drug-likeness (QED) is 0.899. The number of hydrogen-bond acceptors (Lipinski definition) is 4. The average Bonchev–Trinajstić information content (AvgIpc) is 2.72. The Balaban J connectivity index is 2.07. The molecule has 23 heavy (non-hydrogen) atoms. The maximum atomic E-state index is 12.3. The summed E-state index contributed by atoms with van der Waals surface area (Å²) < 4.78 is 22.5. The molecule has 3 rings (SSSR count). The minimum Gasteiger partial charge on any atom is -0.309 e. The van der Waals surface area contributed by atoms with Crippen molar-refractivity contribution < 1.29 is 13.2 Å². The molecule has 6 nitrogen and oxygen atoms in total. The number of benzene rings is 2. The monoisotopic (exact) mass is 349 g/mol. The van der Waals surface area contributed by atoms with E-state index in [0.29, 0.717) is 16.3 Å². The number of carbonyl (C=O) groups excluding carboxylic acids is 1. The third kappa shape index (κ3) is 2.86. The minimum atomic E-state index is -3.76. The number of aliphatic imine (C=N–C) groups is 1. The van der Waals surface area contributed by atoms with Crippen molar-refractivity contribution in [2.75, 3.05) is 11.9 Å². The van der Waals surface area contributed by atoms with Gasteiger partial charge in [0.25, 0.3) is 5.91 Å². The van der Waals surface area contributed by atoms with E-state index in [4.69, 9.17) is 16.7 Å². The van der Waals surface area contributed by atoms with Crippen LogP contribution in [-0.2, 0) is 14.8 Å². The van der Waals surface area contributed by atoms with Crippen LogP contribution in [0, 0.1) is 0 Å². The number of anilines is 1. The Kier molecular flexibility index (Phi) is 3.71. The van der Waals surface area contributed by atoms with Crippen LogP contribution in [0.25, 0.3) is 0 Å². The molecule has 2 aromatic carbocycles. The number of sulfonamides is 1. The zero-order valence-electron chi connectivity index (χ0n) is 12.0. The minimum absolute atomic E-state index is 0.0141. The highest BCUT2D eigenvalue weighted by molar-refractivity contribution is 7.89. The third-order valence-electron chi connectivity index (χ3n) is 3.49. The number of nitrogens with zero attached hydrogens (tertiary/aromatic N) is 2. The molecule has 0 radical (unpaired) electrons. The Hall–Kier alpha value is -2.22. The summed E-state index contributed by atoms with van der Waals surface area (Å²) in [4.78, 5) is 18.1. The summed E-state index contributed by atoms with van der Waals surface area (Å²) in [6.07, 6.45) is 0. The molecule has 1 heterocycles. The van der Waals surface area contributed by atoms with E-state index >= 15 is 0 Å². The molecule has 0 saturated carbocycles. The number of amides is 1. The molecule has 0 atom stereocenters. The molecule has 0 saturated heterocycles. The van der Waals surface area contributed by atoms with Gasteiger partial charge in [-0.25, -0.2) is 18.5 Å². The van der Waals surface area contributed by atoms with Crippen LogP contribution >= 0.6 is 11.6 Å². The van der Waals surface area contributed by atoms with Gasteiger partial charge in [-0.3, -0.25) is 4.79 Å². The maximum Gasteiger partial charge on any atom is 0.277 e. The first-order valence-corrected chi connectivity index (χ1v) is 8.49. The molecule has 1 aliphatic heterocycles. The highest BCUT2D eigenvalue weighted by Gasteiger charge is 2.31. The highest BCUT2D eigenvalue weighted by Crippen LogP contribution is 2.32. The summed E-state index contributed by atoms with van der Waals surface area (Å²) in [5.41, 5.74) is 2.06. The molecule has 0 unspecified atom stereocenters. The average molecular weight is 350 g/mol. The Morgan fingerprint density at radius 1 is 1.13 bits per heavy atom. The zero-order chi connectivity index (χ0) is 16.8. The lowest BCUT2D eigenvalue weighted by Gasteiger charge is -2.07. The fourth-order valence-corrected chi connectivity index (χ4v) is 3.01. The zero-order valence-corrected chi connectivity index (χ0v) is 13.6. The van der Waals surface area contributed by atoms with Gasteiger partial charge in [-0.1, -0.05) is 11.6 Å². The van der Waals surface area contributed by atoms with Crippen LogP contribution in [0.3, 0.4) is 0 Å². The van der Waals surface area contributed by atoms with Crippen molar-refractivity contribution in [2.45, 2.75) is 4.90 Å². The van der Waals surface area contributed by atoms with Gasteiger partial charge in [0.15, 0.2) is 0 Å². The van der Waals surface area contributed by atoms with Crippen molar-refractivity contribution in [1.82, 2.24) is 0 Å². The van der Waals surface area contributed by atoms with Gasteiger partial charge in [0.2, 0.25) is 10.0 Å². The second-order valence-electron chi connectivity index (χ2n) is 5.02. The molecule has 0 aliphatic carbocycles. The number of hydrogen-bond donors (Lipinski definition) is 1. The van der Waals surface area contributed by atoms with E-state index in [1.165, 1.54) is 29.2 Å². The predicted molar refractivity (Wildman–Crippen MR) is 88.9 cm³/mol. The fourth-order valence-electron chi connectivity index (χ4n) is 2.32. The fraction of sp³-hybridized carbons (Fsp3) is 0.0667. The molecule has 0 bridgehead atoms. The molecule has 1 amide bonds. The third-order valence-corrected chi connectivity index (χ3v) is 4.65. The number of fused-ring (bicyclic) bond motifs is 1. The Morgan fingerprint density at radius 2 is 1.78 bits per heavy atom. The van der Waals surface area contributed by atoms with Crippen molar-refractivity contribution in [3.63, 3.8) is 0 Å². The second kappa shape index (κ2) is 5.45. The van der Waals surface area contributed by atoms with E-state index in [9.17, 15) is 13.2 Å². The second-order valence-corrected chi connectivity index (χ2v) is 7.02. The first kappa shape index (κ1) is 15.7. The van der Waals surface area contributed by atoms with Crippen LogP contribution in [0.4, 0.5) is 11.4 Å². The van der Waals surface area contributed by atoms with Crippen LogP contribution in [0.1, 0.15) is 5.56 Å². The van der Waals surface area contributed by atoms with Crippen LogP contribution in [0.15, 0.2) is 52.4 Å². The van der Waals surface area contributed by atoms with Gasteiger partial charge in [-0.2, -0.15) is 0 Å². The van der Waals surface area contributed by atoms with Crippen LogP contribution in [-0.4, -0.2) is 27.1 Å². The summed E-state index contributed by atoms with van der Waals surface area (Å²) >= 11 is 5.99. The van der Waals surface area contributed by atoms with Gasteiger partial charge in [0.1, 0.15) is 5.71 Å². The van der Waals surface area contributed by atoms with Gasteiger partial charge < -0.3 is 4.90 Å². The standard InChI is InChI=1S/C15H12ClN3O3S/c1-19-13-7-2-9(16)8-12(13)14(15(19)20)18-10-3-5-11(6-4-10)23(17,21)22/h2-8H,1H3,(H2,17,21,22). The topological polar surface area (TPSA) is 92.8 Å². The van der Waals surface area contributed by atoms with Crippen LogP contribution < -0.4 is 10.0 Å². The molecule has 118 valence electrons. The first-order chi connectivity index (χ1) is 10.8. The normalized spacial score (nSPS) is 16.0. The number of rotatable bonds is 2. The number of halogens is 1. The van der Waals surface area contributed by atoms with Crippen LogP contribution in [0.5, 0.6) is 0 Å². The molecule has 1 aliphatic rings. The molecule has 2 aromatic rings. The summed E-state index contributed by atoms with van der Waals surface area (Å²) in [7, 11) is -2.11. The number of likely N-dealkylation sites (N-methyl/N-ethyl adjacent to an activating group) is 1. The van der Waals surface area contributed by atoms with E-state index in [1.807, 2.05) is 0 Å². The number of carbonyl (C=O) groups is 1. The Bertz CT molecular complexity index is 937. The lowest BCUT2D eigenvalue weighted by molar-refractivity contribution is -0.111. The SMILES string of the molecule is CN1C(=O)C(=Nc2ccc(S(N)(=O)=O)cc2)c2cc(Cl)ccc21. The van der Waals surface area contributed by atoms with Crippen LogP contribution in [0.2, 0.25) is 5.02 Å². The predicted octanol–water partition coefficient (Wildman–Crippen LogP) is 2.08. The lowest BCUT2D eigenvalue weighted by Crippen LogP contribution is -2.25. The molecule has 2 N–H and O–H groups in total. The smallest absolute Gasteiger partial charge is 0.277 e. The van der Waals surface area contributed by atoms with Gasteiger partial charge >= 0.3 is 0 Å². The van der Waals surface area contributed by atoms with Gasteiger partial charge in [0, 0.05) is 17.6 Å². The highest BCUT2D eigenvalue weighted by atomic mass is 35.5. The van der Waals surface area contributed by atoms with Crippen molar-refractivity contribution in [1.29, 1.82) is 0 Å².